The van der Waals surface area contributed by atoms with Gasteiger partial charge in [0.1, 0.15) is 0 Å². The second kappa shape index (κ2) is 2.78. The molecule has 0 aromatic carbocycles. The highest BCUT2D eigenvalue weighted by Gasteiger charge is 2.40. The Labute approximate surface area is 75.6 Å². The molecule has 1 fully saturated rings. The van der Waals surface area contributed by atoms with Crippen molar-refractivity contribution >= 4 is 11.5 Å². The van der Waals surface area contributed by atoms with Gasteiger partial charge in [-0.1, -0.05) is 4.49 Å². The van der Waals surface area contributed by atoms with Crippen LogP contribution in [-0.4, -0.2) is 20.3 Å². The normalized spacial score (nSPS) is 22.2. The molecule has 1 aromatic heterocycles. The Morgan fingerprint density at radius 1 is 1.75 bits per heavy atom. The van der Waals surface area contributed by atoms with E-state index in [4.69, 9.17) is 0 Å². The van der Waals surface area contributed by atoms with Gasteiger partial charge in [-0.3, -0.25) is 0 Å². The van der Waals surface area contributed by atoms with E-state index < -0.39 is 5.60 Å². The fourth-order valence-electron chi connectivity index (χ4n) is 1.48. The number of aromatic nitrogens is 2. The molecule has 1 atom stereocenters. The average Bonchev–Trinajstić information content (AvgIpc) is 2.74. The number of rotatable bonds is 3. The maximum absolute atomic E-state index is 9.96. The van der Waals surface area contributed by atoms with E-state index in [0.717, 1.165) is 18.5 Å². The van der Waals surface area contributed by atoms with Gasteiger partial charge in [0, 0.05) is 11.8 Å². The predicted molar refractivity (Wildman–Crippen MR) is 47.0 cm³/mol. The van der Waals surface area contributed by atoms with E-state index in [1.165, 1.54) is 11.5 Å². The number of hydrogen-bond acceptors (Lipinski definition) is 4. The van der Waals surface area contributed by atoms with Gasteiger partial charge in [-0.15, -0.1) is 5.10 Å². The summed E-state index contributed by atoms with van der Waals surface area (Å²) in [5.41, 5.74) is 0.354. The molecule has 0 saturated heterocycles. The van der Waals surface area contributed by atoms with Crippen molar-refractivity contribution in [3.8, 4) is 0 Å². The van der Waals surface area contributed by atoms with Crippen LogP contribution in [0, 0.1) is 5.92 Å². The molecule has 1 N–H and O–H groups in total. The highest BCUT2D eigenvalue weighted by Crippen LogP contribution is 2.40. The summed E-state index contributed by atoms with van der Waals surface area (Å²) in [5, 5.41) is 15.8. The SMILES string of the molecule is CC(O)(Cc1csnn1)C1CC1. The third-order valence-corrected chi connectivity index (χ3v) is 2.95. The van der Waals surface area contributed by atoms with Crippen LogP contribution in [0.4, 0.5) is 0 Å². The molecule has 1 aliphatic carbocycles. The van der Waals surface area contributed by atoms with Crippen molar-refractivity contribution in [1.82, 2.24) is 9.59 Å². The van der Waals surface area contributed by atoms with E-state index in [0.29, 0.717) is 12.3 Å². The zero-order chi connectivity index (χ0) is 8.60. The Morgan fingerprint density at radius 3 is 3.00 bits per heavy atom. The topological polar surface area (TPSA) is 46.0 Å². The van der Waals surface area contributed by atoms with Gasteiger partial charge < -0.3 is 5.11 Å². The summed E-state index contributed by atoms with van der Waals surface area (Å²) in [5.74, 6) is 0.485. The first-order valence-corrected chi connectivity index (χ1v) is 5.00. The summed E-state index contributed by atoms with van der Waals surface area (Å²) in [6.07, 6.45) is 2.96. The van der Waals surface area contributed by atoms with Crippen LogP contribution in [0.15, 0.2) is 5.38 Å². The van der Waals surface area contributed by atoms with Crippen LogP contribution in [0.2, 0.25) is 0 Å². The minimum Gasteiger partial charge on any atom is -0.389 e. The van der Waals surface area contributed by atoms with Gasteiger partial charge in [-0.2, -0.15) is 0 Å². The monoisotopic (exact) mass is 184 g/mol. The molecule has 0 radical (unpaired) electrons. The van der Waals surface area contributed by atoms with Gasteiger partial charge >= 0.3 is 0 Å². The summed E-state index contributed by atoms with van der Waals surface area (Å²) >= 11 is 1.34. The third-order valence-electron chi connectivity index (χ3n) is 2.40. The van der Waals surface area contributed by atoms with Crippen LogP contribution in [0.3, 0.4) is 0 Å². The van der Waals surface area contributed by atoms with Crippen molar-refractivity contribution in [2.45, 2.75) is 31.8 Å². The molecule has 0 amide bonds. The minimum absolute atomic E-state index is 0.485. The molecule has 0 bridgehead atoms. The summed E-state index contributed by atoms with van der Waals surface area (Å²) < 4.78 is 3.77. The molecular weight excluding hydrogens is 172 g/mol. The Balaban J connectivity index is 2.01. The van der Waals surface area contributed by atoms with E-state index in [9.17, 15) is 5.11 Å². The first-order chi connectivity index (χ1) is 5.68. The first kappa shape index (κ1) is 8.13. The zero-order valence-electron chi connectivity index (χ0n) is 7.03. The second-order valence-corrected chi connectivity index (χ2v) is 4.31. The van der Waals surface area contributed by atoms with Crippen molar-refractivity contribution < 1.29 is 5.11 Å². The fraction of sp³-hybridized carbons (Fsp3) is 0.750. The van der Waals surface area contributed by atoms with Crippen LogP contribution in [-0.2, 0) is 6.42 Å². The lowest BCUT2D eigenvalue weighted by Crippen LogP contribution is -2.29. The predicted octanol–water partition coefficient (Wildman–Crippen LogP) is 1.24. The molecule has 1 heterocycles. The first-order valence-electron chi connectivity index (χ1n) is 4.17. The Bertz CT molecular complexity index is 254. The molecular formula is C8H12N2OS. The van der Waals surface area contributed by atoms with Crippen LogP contribution < -0.4 is 0 Å². The summed E-state index contributed by atoms with van der Waals surface area (Å²) in [6, 6.07) is 0. The standard InChI is InChI=1S/C8H12N2OS/c1-8(11,6-2-3-6)4-7-5-12-10-9-7/h5-6,11H,2-4H2,1H3. The van der Waals surface area contributed by atoms with Crippen LogP contribution in [0.5, 0.6) is 0 Å². The molecule has 1 saturated carbocycles. The molecule has 0 aliphatic heterocycles. The van der Waals surface area contributed by atoms with Crippen molar-refractivity contribution in [3.63, 3.8) is 0 Å². The summed E-state index contributed by atoms with van der Waals surface area (Å²) in [7, 11) is 0. The third kappa shape index (κ3) is 1.64. The number of nitrogens with zero attached hydrogens (tertiary/aromatic N) is 2. The van der Waals surface area contributed by atoms with Crippen molar-refractivity contribution in [1.29, 1.82) is 0 Å². The van der Waals surface area contributed by atoms with Gasteiger partial charge in [0.15, 0.2) is 0 Å². The quantitative estimate of drug-likeness (QED) is 0.768. The Hall–Kier alpha value is -0.480. The van der Waals surface area contributed by atoms with Crippen molar-refractivity contribution in [3.05, 3.63) is 11.1 Å². The largest absolute Gasteiger partial charge is 0.389 e. The van der Waals surface area contributed by atoms with Gasteiger partial charge in [0.2, 0.25) is 0 Å². The average molecular weight is 184 g/mol. The van der Waals surface area contributed by atoms with E-state index in [1.54, 1.807) is 0 Å². The molecule has 1 aliphatic rings. The molecule has 3 nitrogen and oxygen atoms in total. The maximum Gasteiger partial charge on any atom is 0.0784 e. The lowest BCUT2D eigenvalue weighted by Gasteiger charge is -2.21. The van der Waals surface area contributed by atoms with Gasteiger partial charge in [0.25, 0.3) is 0 Å². The lowest BCUT2D eigenvalue weighted by molar-refractivity contribution is 0.0362. The molecule has 0 spiro atoms. The highest BCUT2D eigenvalue weighted by molar-refractivity contribution is 7.03. The molecule has 4 heteroatoms. The van der Waals surface area contributed by atoms with Crippen molar-refractivity contribution in [2.75, 3.05) is 0 Å². The molecule has 2 rings (SSSR count). The van der Waals surface area contributed by atoms with Crippen LogP contribution >= 0.6 is 11.5 Å². The van der Waals surface area contributed by atoms with E-state index >= 15 is 0 Å². The van der Waals surface area contributed by atoms with Crippen molar-refractivity contribution in [2.24, 2.45) is 5.92 Å². The van der Waals surface area contributed by atoms with Gasteiger partial charge in [-0.05, 0) is 37.2 Å². The van der Waals surface area contributed by atoms with E-state index in [2.05, 4.69) is 9.59 Å². The fourth-order valence-corrected chi connectivity index (χ4v) is 1.93. The Kier molecular flexibility index (Phi) is 1.88. The number of aliphatic hydroxyl groups is 1. The summed E-state index contributed by atoms with van der Waals surface area (Å²) in [4.78, 5) is 0. The van der Waals surface area contributed by atoms with Gasteiger partial charge in [0.05, 0.1) is 11.3 Å². The maximum atomic E-state index is 9.96. The molecule has 66 valence electrons. The molecule has 1 unspecified atom stereocenters. The van der Waals surface area contributed by atoms with Crippen LogP contribution in [0.25, 0.3) is 0 Å². The second-order valence-electron chi connectivity index (χ2n) is 3.70. The highest BCUT2D eigenvalue weighted by atomic mass is 32.1. The number of hydrogen-bond donors (Lipinski definition) is 1. The molecule has 12 heavy (non-hydrogen) atoms. The van der Waals surface area contributed by atoms with Crippen LogP contribution in [0.1, 0.15) is 25.5 Å². The molecule has 1 aromatic rings. The summed E-state index contributed by atoms with van der Waals surface area (Å²) in [6.45, 7) is 1.89. The Morgan fingerprint density at radius 2 is 2.50 bits per heavy atom. The van der Waals surface area contributed by atoms with E-state index in [1.807, 2.05) is 12.3 Å². The van der Waals surface area contributed by atoms with E-state index in [-0.39, 0.29) is 0 Å². The van der Waals surface area contributed by atoms with Gasteiger partial charge in [-0.25, -0.2) is 0 Å². The minimum atomic E-state index is -0.560. The smallest absolute Gasteiger partial charge is 0.0784 e. The zero-order valence-corrected chi connectivity index (χ0v) is 7.84. The lowest BCUT2D eigenvalue weighted by atomic mass is 9.95.